The van der Waals surface area contributed by atoms with Crippen molar-refractivity contribution in [2.45, 2.75) is 15.3 Å². The summed E-state index contributed by atoms with van der Waals surface area (Å²) in [6.45, 7) is 0. The summed E-state index contributed by atoms with van der Waals surface area (Å²) in [5.41, 5.74) is -1.01. The highest BCUT2D eigenvalue weighted by atomic mass is 35.5. The Hall–Kier alpha value is -2.29. The van der Waals surface area contributed by atoms with E-state index in [1.54, 1.807) is 18.2 Å². The fourth-order valence-electron chi connectivity index (χ4n) is 3.02. The minimum Gasteiger partial charge on any atom is -0.277 e. The smallest absolute Gasteiger partial charge is 0.277 e. The molecule has 15 heteroatoms. The van der Waals surface area contributed by atoms with Crippen LogP contribution in [0.15, 0.2) is 75.8 Å². The van der Waals surface area contributed by atoms with Gasteiger partial charge in [-0.15, -0.1) is 22.7 Å². The minimum absolute atomic E-state index is 0.117. The molecule has 0 bridgehead atoms. The summed E-state index contributed by atoms with van der Waals surface area (Å²) < 4.78 is 96.2. The van der Waals surface area contributed by atoms with Crippen LogP contribution in [0.4, 0.5) is 24.5 Å². The first-order valence-electron chi connectivity index (χ1n) is 9.63. The molecule has 36 heavy (non-hydrogen) atoms. The first kappa shape index (κ1) is 26.8. The normalized spacial score (nSPS) is 12.5. The van der Waals surface area contributed by atoms with Crippen LogP contribution in [-0.2, 0) is 26.2 Å². The number of rotatable bonds is 7. The molecule has 4 aromatic rings. The standard InChI is InChI=1S/C21H13Cl2F3N2O4S4/c22-18-7-6-17(33-18)12-4-5-15(27-36(31,32)20-9-8-19(23)34-20)16(10-12)28-35(29,30)14-3-1-2-13(11-14)21(24,25)26/h1-11,27-28H. The molecule has 0 aliphatic heterocycles. The van der Waals surface area contributed by atoms with Gasteiger partial charge >= 0.3 is 6.18 Å². The number of benzene rings is 2. The maximum atomic E-state index is 13.1. The average Bonchev–Trinajstić information content (AvgIpc) is 3.43. The molecule has 190 valence electrons. The lowest BCUT2D eigenvalue weighted by atomic mass is 10.1. The van der Waals surface area contributed by atoms with Crippen molar-refractivity contribution < 1.29 is 30.0 Å². The number of sulfonamides is 2. The molecular formula is C21H13Cl2F3N2O4S4. The lowest BCUT2D eigenvalue weighted by molar-refractivity contribution is -0.137. The zero-order valence-corrected chi connectivity index (χ0v) is 22.3. The van der Waals surface area contributed by atoms with Crippen molar-refractivity contribution in [1.29, 1.82) is 0 Å². The number of hydrogen-bond acceptors (Lipinski definition) is 6. The summed E-state index contributed by atoms with van der Waals surface area (Å²) in [4.78, 5) is -0.000274. The van der Waals surface area contributed by atoms with E-state index in [0.29, 0.717) is 20.8 Å². The maximum Gasteiger partial charge on any atom is 0.416 e. The van der Waals surface area contributed by atoms with Crippen LogP contribution in [0.1, 0.15) is 5.56 Å². The van der Waals surface area contributed by atoms with Gasteiger partial charge in [0.05, 0.1) is 30.5 Å². The van der Waals surface area contributed by atoms with Crippen LogP contribution >= 0.6 is 45.9 Å². The zero-order valence-electron chi connectivity index (χ0n) is 17.5. The molecule has 2 aromatic heterocycles. The SMILES string of the molecule is O=S(=O)(Nc1cc(-c2ccc(Cl)s2)ccc1NS(=O)(=O)c1ccc(Cl)s1)c1cccc(C(F)(F)F)c1. The van der Waals surface area contributed by atoms with Gasteiger partial charge in [-0.25, -0.2) is 16.8 Å². The second-order valence-electron chi connectivity index (χ2n) is 7.16. The molecule has 0 amide bonds. The number of alkyl halides is 3. The molecule has 0 spiro atoms. The molecule has 2 N–H and O–H groups in total. The third-order valence-electron chi connectivity index (χ3n) is 4.65. The molecule has 6 nitrogen and oxygen atoms in total. The van der Waals surface area contributed by atoms with Crippen LogP contribution in [-0.4, -0.2) is 16.8 Å². The van der Waals surface area contributed by atoms with Gasteiger partial charge in [0.2, 0.25) is 0 Å². The molecule has 0 fully saturated rings. The van der Waals surface area contributed by atoms with Gasteiger partial charge in [0, 0.05) is 4.88 Å². The van der Waals surface area contributed by atoms with Gasteiger partial charge in [0.15, 0.2) is 0 Å². The van der Waals surface area contributed by atoms with E-state index < -0.39 is 36.7 Å². The van der Waals surface area contributed by atoms with Gasteiger partial charge in [-0.1, -0.05) is 35.3 Å². The van der Waals surface area contributed by atoms with E-state index in [9.17, 15) is 30.0 Å². The molecule has 0 radical (unpaired) electrons. The van der Waals surface area contributed by atoms with Gasteiger partial charge < -0.3 is 0 Å². The highest BCUT2D eigenvalue weighted by Gasteiger charge is 2.32. The molecule has 0 saturated heterocycles. The van der Waals surface area contributed by atoms with Gasteiger partial charge in [-0.05, 0) is 60.2 Å². The second-order valence-corrected chi connectivity index (χ2v) is 14.2. The summed E-state index contributed by atoms with van der Waals surface area (Å²) >= 11 is 13.8. The monoisotopic (exact) mass is 612 g/mol. The molecule has 0 aliphatic rings. The Kier molecular flexibility index (Phi) is 7.34. The van der Waals surface area contributed by atoms with E-state index >= 15 is 0 Å². The third-order valence-corrected chi connectivity index (χ3v) is 10.4. The lowest BCUT2D eigenvalue weighted by Gasteiger charge is -2.16. The quantitative estimate of drug-likeness (QED) is 0.227. The topological polar surface area (TPSA) is 92.3 Å². The van der Waals surface area contributed by atoms with E-state index in [1.165, 1.54) is 35.6 Å². The van der Waals surface area contributed by atoms with Crippen LogP contribution in [0.25, 0.3) is 10.4 Å². The minimum atomic E-state index is -4.76. The van der Waals surface area contributed by atoms with E-state index in [0.717, 1.165) is 29.5 Å². The number of nitrogens with one attached hydrogen (secondary N) is 2. The van der Waals surface area contributed by atoms with Gasteiger partial charge in [0.25, 0.3) is 20.0 Å². The predicted octanol–water partition coefficient (Wildman–Crippen LogP) is 7.40. The van der Waals surface area contributed by atoms with Gasteiger partial charge in [-0.2, -0.15) is 13.2 Å². The largest absolute Gasteiger partial charge is 0.416 e. The Bertz CT molecular complexity index is 1650. The lowest BCUT2D eigenvalue weighted by Crippen LogP contribution is -2.18. The van der Waals surface area contributed by atoms with Crippen molar-refractivity contribution in [3.8, 4) is 10.4 Å². The van der Waals surface area contributed by atoms with Crippen LogP contribution in [0.5, 0.6) is 0 Å². The van der Waals surface area contributed by atoms with Crippen molar-refractivity contribution in [3.63, 3.8) is 0 Å². The number of halogens is 5. The Morgan fingerprint density at radius 2 is 1.39 bits per heavy atom. The van der Waals surface area contributed by atoms with Crippen molar-refractivity contribution in [2.24, 2.45) is 0 Å². The fourth-order valence-corrected chi connectivity index (χ4v) is 7.74. The Morgan fingerprint density at radius 1 is 0.722 bits per heavy atom. The summed E-state index contributed by atoms with van der Waals surface area (Å²) in [6, 6.07) is 13.4. The highest BCUT2D eigenvalue weighted by molar-refractivity contribution is 7.94. The first-order chi connectivity index (χ1) is 16.7. The fraction of sp³-hybridized carbons (Fsp3) is 0.0476. The molecular weight excluding hydrogens is 600 g/mol. The van der Waals surface area contributed by atoms with E-state index in [4.69, 9.17) is 23.2 Å². The summed E-state index contributed by atoms with van der Waals surface area (Å²) in [6.07, 6.45) is -4.76. The van der Waals surface area contributed by atoms with E-state index in [2.05, 4.69) is 9.44 Å². The van der Waals surface area contributed by atoms with Crippen molar-refractivity contribution in [1.82, 2.24) is 0 Å². The molecule has 0 unspecified atom stereocenters. The van der Waals surface area contributed by atoms with E-state index in [1.807, 2.05) is 0 Å². The van der Waals surface area contributed by atoms with Crippen LogP contribution < -0.4 is 9.44 Å². The molecule has 0 aliphatic carbocycles. The molecule has 0 saturated carbocycles. The number of hydrogen-bond donors (Lipinski definition) is 2. The summed E-state index contributed by atoms with van der Waals surface area (Å²) in [5.74, 6) is 0. The van der Waals surface area contributed by atoms with Crippen molar-refractivity contribution in [2.75, 3.05) is 9.44 Å². The Labute approximate surface area is 222 Å². The second kappa shape index (κ2) is 9.88. The van der Waals surface area contributed by atoms with Gasteiger partial charge in [0.1, 0.15) is 4.21 Å². The van der Waals surface area contributed by atoms with Crippen LogP contribution in [0.3, 0.4) is 0 Å². The Balaban J connectivity index is 1.77. The Morgan fingerprint density at radius 3 is 2.00 bits per heavy atom. The summed E-state index contributed by atoms with van der Waals surface area (Å²) in [7, 11) is -8.71. The average molecular weight is 614 g/mol. The molecule has 2 heterocycles. The van der Waals surface area contributed by atoms with Crippen LogP contribution in [0, 0.1) is 0 Å². The maximum absolute atomic E-state index is 13.1. The zero-order chi connectivity index (χ0) is 26.3. The van der Waals surface area contributed by atoms with Crippen molar-refractivity contribution >= 4 is 77.3 Å². The number of thiophene rings is 2. The molecule has 2 aromatic carbocycles. The highest BCUT2D eigenvalue weighted by Crippen LogP contribution is 2.37. The molecule has 0 atom stereocenters. The van der Waals surface area contributed by atoms with Gasteiger partial charge in [-0.3, -0.25) is 9.44 Å². The van der Waals surface area contributed by atoms with Crippen molar-refractivity contribution in [3.05, 3.63) is 81.0 Å². The van der Waals surface area contributed by atoms with E-state index in [-0.39, 0.29) is 19.9 Å². The first-order valence-corrected chi connectivity index (χ1v) is 15.0. The molecule has 4 rings (SSSR count). The predicted molar refractivity (Wildman–Crippen MR) is 137 cm³/mol. The number of anilines is 2. The summed E-state index contributed by atoms with van der Waals surface area (Å²) in [5, 5.41) is 0. The van der Waals surface area contributed by atoms with Crippen LogP contribution in [0.2, 0.25) is 8.67 Å². The third kappa shape index (κ3) is 5.98.